The summed E-state index contributed by atoms with van der Waals surface area (Å²) >= 11 is 0. The second-order valence-corrected chi connectivity index (χ2v) is 7.41. The Balaban J connectivity index is 1.86. The van der Waals surface area contributed by atoms with Crippen LogP contribution in [0.3, 0.4) is 0 Å². The molecule has 3 aliphatic heterocycles. The smallest absolute Gasteiger partial charge is 0.190 e. The maximum Gasteiger partial charge on any atom is 0.190 e. The lowest BCUT2D eigenvalue weighted by Crippen LogP contribution is -2.55. The van der Waals surface area contributed by atoms with Gasteiger partial charge in [0.15, 0.2) is 17.9 Å². The van der Waals surface area contributed by atoms with Crippen molar-refractivity contribution in [3.05, 3.63) is 0 Å². The van der Waals surface area contributed by atoms with Crippen LogP contribution in [-0.2, 0) is 28.5 Å². The summed E-state index contributed by atoms with van der Waals surface area (Å²) in [7, 11) is 0. The number of carbonyl (C=O) groups is 1. The third-order valence-corrected chi connectivity index (χ3v) is 4.57. The first kappa shape index (κ1) is 17.3. The van der Waals surface area contributed by atoms with E-state index in [0.29, 0.717) is 6.42 Å². The molecule has 3 fully saturated rings. The Kier molecular flexibility index (Phi) is 4.11. The Bertz CT molecular complexity index is 489. The third kappa shape index (κ3) is 3.06. The van der Waals surface area contributed by atoms with Gasteiger partial charge in [-0.15, -0.1) is 0 Å². The first-order valence-electron chi connectivity index (χ1n) is 8.13. The van der Waals surface area contributed by atoms with E-state index >= 15 is 0 Å². The molecule has 0 bridgehead atoms. The summed E-state index contributed by atoms with van der Waals surface area (Å²) in [4.78, 5) is 12.0. The molecule has 132 valence electrons. The van der Waals surface area contributed by atoms with Crippen LogP contribution in [0, 0.1) is 0 Å². The second-order valence-electron chi connectivity index (χ2n) is 7.41. The van der Waals surface area contributed by atoms with E-state index in [1.165, 1.54) is 0 Å². The minimum atomic E-state index is -1.50. The zero-order chi connectivity index (χ0) is 17.0. The zero-order valence-electron chi connectivity index (χ0n) is 14.3. The fraction of sp³-hybridized carbons (Fsp3) is 0.938. The average Bonchev–Trinajstić information content (AvgIpc) is 3.01. The van der Waals surface area contributed by atoms with Crippen LogP contribution >= 0.6 is 0 Å². The van der Waals surface area contributed by atoms with Crippen molar-refractivity contribution >= 4 is 5.78 Å². The molecule has 0 aromatic rings. The highest BCUT2D eigenvalue weighted by molar-refractivity contribution is 5.79. The quantitative estimate of drug-likeness (QED) is 0.827. The number of carbonyl (C=O) groups excluding carboxylic acids is 1. The van der Waals surface area contributed by atoms with E-state index in [2.05, 4.69) is 0 Å². The minimum absolute atomic E-state index is 0.0605. The molecule has 5 atom stereocenters. The third-order valence-electron chi connectivity index (χ3n) is 4.57. The van der Waals surface area contributed by atoms with Crippen molar-refractivity contribution in [1.29, 1.82) is 0 Å². The maximum absolute atomic E-state index is 12.0. The van der Waals surface area contributed by atoms with E-state index in [-0.39, 0.29) is 18.8 Å². The van der Waals surface area contributed by atoms with Crippen molar-refractivity contribution in [2.75, 3.05) is 6.61 Å². The summed E-state index contributed by atoms with van der Waals surface area (Å²) in [5, 5.41) is 11.3. The van der Waals surface area contributed by atoms with Crippen LogP contribution in [0.4, 0.5) is 0 Å². The molecule has 3 saturated heterocycles. The molecular formula is C16H26O7. The van der Waals surface area contributed by atoms with Crippen molar-refractivity contribution in [3.63, 3.8) is 0 Å². The molecule has 0 aromatic heterocycles. The van der Waals surface area contributed by atoms with E-state index < -0.39 is 41.8 Å². The highest BCUT2D eigenvalue weighted by Crippen LogP contribution is 2.47. The number of hydrogen-bond acceptors (Lipinski definition) is 7. The summed E-state index contributed by atoms with van der Waals surface area (Å²) in [6, 6.07) is 0. The Hall–Kier alpha value is -0.570. The van der Waals surface area contributed by atoms with E-state index in [1.54, 1.807) is 34.6 Å². The van der Waals surface area contributed by atoms with Gasteiger partial charge in [-0.25, -0.2) is 0 Å². The first-order valence-corrected chi connectivity index (χ1v) is 8.13. The number of fused-ring (bicyclic) bond motifs is 1. The van der Waals surface area contributed by atoms with Gasteiger partial charge in [0.2, 0.25) is 0 Å². The van der Waals surface area contributed by atoms with E-state index in [1.807, 2.05) is 0 Å². The summed E-state index contributed by atoms with van der Waals surface area (Å²) in [5.74, 6) is -1.67. The first-order chi connectivity index (χ1) is 10.6. The molecule has 3 rings (SSSR count). The Labute approximate surface area is 136 Å². The molecule has 3 heterocycles. The molecule has 3 aliphatic rings. The van der Waals surface area contributed by atoms with Crippen LogP contribution in [0.25, 0.3) is 0 Å². The molecule has 7 nitrogen and oxygen atoms in total. The molecule has 2 unspecified atom stereocenters. The number of aliphatic hydroxyl groups is 1. The number of Topliss-reactive ketones (excluding diaryl/α,β-unsaturated/α-hetero) is 1. The van der Waals surface area contributed by atoms with Gasteiger partial charge in [0, 0.05) is 12.8 Å². The summed E-state index contributed by atoms with van der Waals surface area (Å²) in [6.45, 7) is 9.16. The van der Waals surface area contributed by atoms with Crippen LogP contribution in [-0.4, -0.2) is 59.3 Å². The van der Waals surface area contributed by atoms with E-state index in [0.717, 1.165) is 0 Å². The van der Waals surface area contributed by atoms with Gasteiger partial charge in [0.05, 0.1) is 6.61 Å². The Morgan fingerprint density at radius 2 is 1.78 bits per heavy atom. The summed E-state index contributed by atoms with van der Waals surface area (Å²) in [5.41, 5.74) is -1.50. The van der Waals surface area contributed by atoms with Gasteiger partial charge >= 0.3 is 0 Å². The van der Waals surface area contributed by atoms with Gasteiger partial charge in [-0.3, -0.25) is 4.79 Å². The molecule has 0 saturated carbocycles. The van der Waals surface area contributed by atoms with Gasteiger partial charge in [-0.2, -0.15) is 0 Å². The highest BCUT2D eigenvalue weighted by Gasteiger charge is 2.66. The topological polar surface area (TPSA) is 83.5 Å². The molecule has 0 radical (unpaired) electrons. The van der Waals surface area contributed by atoms with Gasteiger partial charge in [-0.05, 0) is 27.7 Å². The number of ether oxygens (including phenoxy) is 5. The molecule has 0 aliphatic carbocycles. The monoisotopic (exact) mass is 330 g/mol. The average molecular weight is 330 g/mol. The van der Waals surface area contributed by atoms with Crippen molar-refractivity contribution in [3.8, 4) is 0 Å². The highest BCUT2D eigenvalue weighted by atomic mass is 16.8. The number of ketones is 1. The largest absolute Gasteiger partial charge is 0.384 e. The summed E-state index contributed by atoms with van der Waals surface area (Å²) in [6.07, 6.45) is -2.41. The number of hydrogen-bond donors (Lipinski definition) is 1. The predicted molar refractivity (Wildman–Crippen MR) is 78.5 cm³/mol. The number of rotatable bonds is 4. The van der Waals surface area contributed by atoms with Gasteiger partial charge in [0.25, 0.3) is 0 Å². The molecular weight excluding hydrogens is 304 g/mol. The Morgan fingerprint density at radius 1 is 1.09 bits per heavy atom. The molecule has 7 heteroatoms. The lowest BCUT2D eigenvalue weighted by molar-refractivity contribution is -0.248. The van der Waals surface area contributed by atoms with Gasteiger partial charge in [-0.1, -0.05) is 6.92 Å². The van der Waals surface area contributed by atoms with Crippen molar-refractivity contribution in [1.82, 2.24) is 0 Å². The molecule has 23 heavy (non-hydrogen) atoms. The van der Waals surface area contributed by atoms with E-state index in [4.69, 9.17) is 23.7 Å². The minimum Gasteiger partial charge on any atom is -0.384 e. The SMILES string of the molecule is CCC(=O)CC1(O)[C@@H](C2COC(C)(C)O2)O[C@@H]2OC(C)(C)O[C@@H]21. The van der Waals surface area contributed by atoms with Crippen molar-refractivity contribution in [2.24, 2.45) is 0 Å². The van der Waals surface area contributed by atoms with Gasteiger partial charge < -0.3 is 28.8 Å². The van der Waals surface area contributed by atoms with Crippen molar-refractivity contribution < 1.29 is 33.6 Å². The van der Waals surface area contributed by atoms with Crippen LogP contribution in [0.2, 0.25) is 0 Å². The van der Waals surface area contributed by atoms with E-state index in [9.17, 15) is 9.90 Å². The summed E-state index contributed by atoms with van der Waals surface area (Å²) < 4.78 is 28.9. The lowest BCUT2D eigenvalue weighted by atomic mass is 9.84. The molecule has 0 aromatic carbocycles. The van der Waals surface area contributed by atoms with Gasteiger partial charge in [0.1, 0.15) is 29.7 Å². The lowest BCUT2D eigenvalue weighted by Gasteiger charge is -2.35. The molecule has 0 amide bonds. The zero-order valence-corrected chi connectivity index (χ0v) is 14.3. The standard InChI is InChI=1S/C16H26O7/c1-6-9(17)7-16(18)11(10-8-19-14(2,3)21-10)20-13-12(16)22-15(4,5)23-13/h10-13,18H,6-8H2,1-5H3/t10?,11-,12+,13-,16?/m1/s1. The van der Waals surface area contributed by atoms with Crippen LogP contribution in [0.15, 0.2) is 0 Å². The molecule has 1 N–H and O–H groups in total. The second kappa shape index (κ2) is 5.47. The van der Waals surface area contributed by atoms with Crippen LogP contribution < -0.4 is 0 Å². The predicted octanol–water partition coefficient (Wildman–Crippen LogP) is 1.11. The molecule has 0 spiro atoms. The van der Waals surface area contributed by atoms with Crippen LogP contribution in [0.5, 0.6) is 0 Å². The van der Waals surface area contributed by atoms with Crippen LogP contribution in [0.1, 0.15) is 47.5 Å². The maximum atomic E-state index is 12.0. The fourth-order valence-electron chi connectivity index (χ4n) is 3.51. The Morgan fingerprint density at radius 3 is 2.35 bits per heavy atom. The van der Waals surface area contributed by atoms with Crippen molar-refractivity contribution in [2.45, 2.75) is 89.2 Å². The fourth-order valence-corrected chi connectivity index (χ4v) is 3.51. The normalized spacial score (nSPS) is 44.4.